The molecule has 1 heterocycles. The molecule has 0 spiro atoms. The predicted molar refractivity (Wildman–Crippen MR) is 91.8 cm³/mol. The van der Waals surface area contributed by atoms with E-state index in [2.05, 4.69) is 0 Å². The molecule has 1 atom stereocenters. The number of carbonyl (C=O) groups excluding carboxylic acids is 2. The zero-order chi connectivity index (χ0) is 17.9. The van der Waals surface area contributed by atoms with Crippen molar-refractivity contribution in [2.24, 2.45) is 0 Å². The molecule has 2 aliphatic rings. The Labute approximate surface area is 142 Å². The maximum Gasteiger partial charge on any atom is 0.170 e. The molecule has 0 amide bonds. The number of hydrogen-bond acceptors (Lipinski definition) is 4. The molecule has 128 valence electrons. The fraction of sp³-hybridized carbons (Fsp3) is 0.500. The molecule has 3 rings (SSSR count). The SMILES string of the molecule is Cc1ccc(C(O)=C2C(=O)CCCC2=O)c(C)c1C1(C)OC1(C)C. The van der Waals surface area contributed by atoms with Gasteiger partial charge in [-0.1, -0.05) is 12.1 Å². The third-order valence-electron chi connectivity index (χ3n) is 5.57. The second-order valence-corrected chi connectivity index (χ2v) is 7.50. The van der Waals surface area contributed by atoms with E-state index < -0.39 is 5.60 Å². The third kappa shape index (κ3) is 2.32. The molecular formula is C20H24O4. The van der Waals surface area contributed by atoms with Gasteiger partial charge in [0.1, 0.15) is 16.9 Å². The Kier molecular flexibility index (Phi) is 3.72. The summed E-state index contributed by atoms with van der Waals surface area (Å²) in [6, 6.07) is 3.69. The minimum absolute atomic E-state index is 0.0414. The van der Waals surface area contributed by atoms with Gasteiger partial charge in [0, 0.05) is 18.4 Å². The van der Waals surface area contributed by atoms with Crippen LogP contribution < -0.4 is 0 Å². The first kappa shape index (κ1) is 16.9. The summed E-state index contributed by atoms with van der Waals surface area (Å²) in [4.78, 5) is 24.3. The van der Waals surface area contributed by atoms with Crippen LogP contribution >= 0.6 is 0 Å². The van der Waals surface area contributed by atoms with E-state index in [4.69, 9.17) is 4.74 Å². The highest BCUT2D eigenvalue weighted by Gasteiger charge is 2.62. The van der Waals surface area contributed by atoms with E-state index in [0.717, 1.165) is 16.7 Å². The lowest BCUT2D eigenvalue weighted by atomic mass is 9.81. The monoisotopic (exact) mass is 328 g/mol. The van der Waals surface area contributed by atoms with Gasteiger partial charge in [-0.2, -0.15) is 0 Å². The van der Waals surface area contributed by atoms with Crippen molar-refractivity contribution in [1.82, 2.24) is 0 Å². The molecule has 24 heavy (non-hydrogen) atoms. The van der Waals surface area contributed by atoms with Crippen molar-refractivity contribution in [2.75, 3.05) is 0 Å². The van der Waals surface area contributed by atoms with Crippen molar-refractivity contribution in [2.45, 2.75) is 65.1 Å². The van der Waals surface area contributed by atoms with Crippen molar-refractivity contribution < 1.29 is 19.4 Å². The minimum atomic E-state index is -0.428. The topological polar surface area (TPSA) is 66.9 Å². The van der Waals surface area contributed by atoms with Crippen LogP contribution in [0.5, 0.6) is 0 Å². The Balaban J connectivity index is 2.17. The number of epoxide rings is 1. The van der Waals surface area contributed by atoms with Gasteiger partial charge < -0.3 is 9.84 Å². The Hall–Kier alpha value is -1.94. The number of aryl methyl sites for hydroxylation is 1. The lowest BCUT2D eigenvalue weighted by Gasteiger charge is -2.20. The summed E-state index contributed by atoms with van der Waals surface area (Å²) in [5, 5.41) is 10.7. The second kappa shape index (κ2) is 5.28. The number of aliphatic hydroxyl groups excluding tert-OH is 1. The maximum absolute atomic E-state index is 12.1. The van der Waals surface area contributed by atoms with E-state index in [-0.39, 0.29) is 28.5 Å². The first-order valence-corrected chi connectivity index (χ1v) is 8.41. The number of hydrogen-bond donors (Lipinski definition) is 1. The van der Waals surface area contributed by atoms with E-state index in [9.17, 15) is 14.7 Å². The second-order valence-electron chi connectivity index (χ2n) is 7.50. The number of carbonyl (C=O) groups is 2. The molecule has 4 nitrogen and oxygen atoms in total. The number of Topliss-reactive ketones (excluding diaryl/α,β-unsaturated/α-hetero) is 2. The summed E-state index contributed by atoms with van der Waals surface area (Å²) in [5.74, 6) is -0.718. The van der Waals surface area contributed by atoms with Gasteiger partial charge in [0.25, 0.3) is 0 Å². The highest BCUT2D eigenvalue weighted by Crippen LogP contribution is 2.57. The van der Waals surface area contributed by atoms with E-state index in [1.54, 1.807) is 6.07 Å². The van der Waals surface area contributed by atoms with Gasteiger partial charge in [0.15, 0.2) is 11.6 Å². The quantitative estimate of drug-likeness (QED) is 0.387. The van der Waals surface area contributed by atoms with Gasteiger partial charge in [-0.3, -0.25) is 9.59 Å². The van der Waals surface area contributed by atoms with Gasteiger partial charge in [-0.15, -0.1) is 0 Å². The molecule has 1 unspecified atom stereocenters. The third-order valence-corrected chi connectivity index (χ3v) is 5.57. The van der Waals surface area contributed by atoms with Crippen molar-refractivity contribution in [1.29, 1.82) is 0 Å². The van der Waals surface area contributed by atoms with E-state index in [1.807, 2.05) is 40.7 Å². The van der Waals surface area contributed by atoms with Crippen molar-refractivity contribution in [3.63, 3.8) is 0 Å². The van der Waals surface area contributed by atoms with Crippen LogP contribution in [-0.2, 0) is 19.9 Å². The molecule has 1 aliphatic carbocycles. The molecule has 1 saturated carbocycles. The van der Waals surface area contributed by atoms with Crippen LogP contribution in [0.25, 0.3) is 5.76 Å². The predicted octanol–water partition coefficient (Wildman–Crippen LogP) is 3.92. The van der Waals surface area contributed by atoms with Crippen LogP contribution in [0.4, 0.5) is 0 Å². The molecule has 1 N–H and O–H groups in total. The fourth-order valence-corrected chi connectivity index (χ4v) is 3.89. The van der Waals surface area contributed by atoms with Crippen LogP contribution in [0.2, 0.25) is 0 Å². The minimum Gasteiger partial charge on any atom is -0.506 e. The molecule has 1 saturated heterocycles. The number of aliphatic hydroxyl groups is 1. The van der Waals surface area contributed by atoms with Gasteiger partial charge >= 0.3 is 0 Å². The number of ketones is 2. The maximum atomic E-state index is 12.1. The summed E-state index contributed by atoms with van der Waals surface area (Å²) in [6.45, 7) is 10.0. The Morgan fingerprint density at radius 3 is 2.12 bits per heavy atom. The number of ether oxygens (including phenoxy) is 1. The Bertz CT molecular complexity index is 767. The van der Waals surface area contributed by atoms with Gasteiger partial charge in [0.05, 0.1) is 5.60 Å². The van der Waals surface area contributed by atoms with Gasteiger partial charge in [-0.05, 0) is 57.7 Å². The average molecular weight is 328 g/mol. The average Bonchev–Trinajstić information content (AvgIpc) is 2.97. The molecule has 1 aliphatic heterocycles. The first-order chi connectivity index (χ1) is 11.1. The Morgan fingerprint density at radius 2 is 1.62 bits per heavy atom. The van der Waals surface area contributed by atoms with Crippen molar-refractivity contribution in [3.8, 4) is 0 Å². The van der Waals surface area contributed by atoms with Crippen LogP contribution in [0.15, 0.2) is 17.7 Å². The molecule has 1 aromatic carbocycles. The first-order valence-electron chi connectivity index (χ1n) is 8.41. The lowest BCUT2D eigenvalue weighted by Crippen LogP contribution is -2.21. The fourth-order valence-electron chi connectivity index (χ4n) is 3.89. The summed E-state index contributed by atoms with van der Waals surface area (Å²) >= 11 is 0. The van der Waals surface area contributed by atoms with E-state index in [0.29, 0.717) is 24.8 Å². The smallest absolute Gasteiger partial charge is 0.170 e. The summed E-state index contributed by atoms with van der Waals surface area (Å²) in [5.41, 5.74) is 2.75. The normalized spacial score (nSPS) is 25.8. The molecule has 0 aromatic heterocycles. The highest BCUT2D eigenvalue weighted by atomic mass is 16.6. The summed E-state index contributed by atoms with van der Waals surface area (Å²) in [6.07, 6.45) is 1.19. The Morgan fingerprint density at radius 1 is 1.08 bits per heavy atom. The van der Waals surface area contributed by atoms with E-state index >= 15 is 0 Å². The van der Waals surface area contributed by atoms with Crippen LogP contribution in [0, 0.1) is 13.8 Å². The molecule has 0 bridgehead atoms. The van der Waals surface area contributed by atoms with Gasteiger partial charge in [-0.25, -0.2) is 0 Å². The van der Waals surface area contributed by atoms with Crippen molar-refractivity contribution in [3.05, 3.63) is 40.0 Å². The number of rotatable bonds is 2. The van der Waals surface area contributed by atoms with Crippen LogP contribution in [-0.4, -0.2) is 22.3 Å². The zero-order valence-electron chi connectivity index (χ0n) is 14.9. The van der Waals surface area contributed by atoms with Gasteiger partial charge in [0.2, 0.25) is 0 Å². The largest absolute Gasteiger partial charge is 0.506 e. The van der Waals surface area contributed by atoms with Crippen molar-refractivity contribution >= 4 is 17.3 Å². The van der Waals surface area contributed by atoms with E-state index in [1.165, 1.54) is 0 Å². The van der Waals surface area contributed by atoms with Crippen LogP contribution in [0.3, 0.4) is 0 Å². The molecule has 4 heteroatoms. The zero-order valence-corrected chi connectivity index (χ0v) is 14.9. The molecular weight excluding hydrogens is 304 g/mol. The van der Waals surface area contributed by atoms with Crippen LogP contribution in [0.1, 0.15) is 62.3 Å². The molecule has 2 fully saturated rings. The summed E-state index contributed by atoms with van der Waals surface area (Å²) < 4.78 is 5.93. The number of benzene rings is 1. The number of allylic oxidation sites excluding steroid dienone is 1. The standard InChI is InChI=1S/C20H24O4/c1-11-9-10-13(12(2)17(11)20(5)19(3,4)24-20)18(23)16-14(21)7-6-8-15(16)22/h9-10,23H,6-8H2,1-5H3. The highest BCUT2D eigenvalue weighted by molar-refractivity contribution is 6.25. The summed E-state index contributed by atoms with van der Waals surface area (Å²) in [7, 11) is 0. The molecule has 1 aromatic rings. The lowest BCUT2D eigenvalue weighted by molar-refractivity contribution is -0.123. The molecule has 0 radical (unpaired) electrons.